The van der Waals surface area contributed by atoms with Gasteiger partial charge in [-0.2, -0.15) is 0 Å². The average Bonchev–Trinajstić information content (AvgIpc) is 2.56. The van der Waals surface area contributed by atoms with Crippen LogP contribution in [0, 0.1) is 0 Å². The molecule has 4 heteroatoms. The summed E-state index contributed by atoms with van der Waals surface area (Å²) in [5, 5.41) is 8.56. The van der Waals surface area contributed by atoms with Crippen molar-refractivity contribution in [3.05, 3.63) is 0 Å². The van der Waals surface area contributed by atoms with Crippen LogP contribution >= 0.6 is 0 Å². The standard InChI is InChI=1S/C22H44O2.2Na.2H/c1-2-3-4-5-6-7-8-9-10-11-12-13-14-15-16-17-18-19-20-21-22(23)24;;;;/h2-21H2,1H3,(H,23,24);;;;. The van der Waals surface area contributed by atoms with Gasteiger partial charge in [-0.3, -0.25) is 4.79 Å². The van der Waals surface area contributed by atoms with E-state index in [2.05, 4.69) is 6.92 Å². The molecule has 0 aliphatic carbocycles. The van der Waals surface area contributed by atoms with Crippen molar-refractivity contribution in [3.8, 4) is 0 Å². The molecule has 0 amide bonds. The summed E-state index contributed by atoms with van der Waals surface area (Å²) >= 11 is 0. The number of carboxylic acid groups (broad SMARTS) is 1. The minimum atomic E-state index is -0.651. The molecule has 0 aromatic carbocycles. The summed E-state index contributed by atoms with van der Waals surface area (Å²) in [4.78, 5) is 10.4. The van der Waals surface area contributed by atoms with Crippen molar-refractivity contribution in [1.29, 1.82) is 0 Å². The third-order valence-corrected chi connectivity index (χ3v) is 4.99. The van der Waals surface area contributed by atoms with Crippen molar-refractivity contribution in [1.82, 2.24) is 0 Å². The van der Waals surface area contributed by atoms with Crippen LogP contribution in [0.5, 0.6) is 0 Å². The van der Waals surface area contributed by atoms with Crippen molar-refractivity contribution < 1.29 is 9.90 Å². The molecule has 26 heavy (non-hydrogen) atoms. The second kappa shape index (κ2) is 28.7. The molecule has 2 nitrogen and oxygen atoms in total. The molecule has 0 saturated heterocycles. The summed E-state index contributed by atoms with van der Waals surface area (Å²) in [7, 11) is 0. The second-order valence-corrected chi connectivity index (χ2v) is 7.51. The van der Waals surface area contributed by atoms with E-state index < -0.39 is 5.97 Å². The van der Waals surface area contributed by atoms with Crippen LogP contribution in [0.3, 0.4) is 0 Å². The Labute approximate surface area is 208 Å². The van der Waals surface area contributed by atoms with Crippen molar-refractivity contribution >= 4 is 65.1 Å². The minimum absolute atomic E-state index is 0. The first kappa shape index (κ1) is 32.1. The number of hydrogen-bond donors (Lipinski definition) is 1. The van der Waals surface area contributed by atoms with Gasteiger partial charge in [0.25, 0.3) is 0 Å². The summed E-state index contributed by atoms with van der Waals surface area (Å²) in [6.45, 7) is 2.28. The molecule has 0 atom stereocenters. The van der Waals surface area contributed by atoms with Gasteiger partial charge in [0.15, 0.2) is 0 Å². The van der Waals surface area contributed by atoms with Crippen LogP contribution in [0.25, 0.3) is 0 Å². The molecular formula is C22H46Na2O2. The molecule has 0 aromatic rings. The third-order valence-electron chi connectivity index (χ3n) is 4.99. The van der Waals surface area contributed by atoms with E-state index in [1.807, 2.05) is 0 Å². The predicted molar refractivity (Wildman–Crippen MR) is 120 cm³/mol. The van der Waals surface area contributed by atoms with Crippen molar-refractivity contribution in [2.75, 3.05) is 0 Å². The topological polar surface area (TPSA) is 37.3 Å². The molecule has 0 unspecified atom stereocenters. The summed E-state index contributed by atoms with van der Waals surface area (Å²) in [5.41, 5.74) is 0. The molecular weight excluding hydrogens is 342 g/mol. The Morgan fingerprint density at radius 2 is 0.731 bits per heavy atom. The van der Waals surface area contributed by atoms with Crippen LogP contribution in [-0.4, -0.2) is 70.2 Å². The van der Waals surface area contributed by atoms with Gasteiger partial charge >= 0.3 is 65.1 Å². The number of unbranched alkanes of at least 4 members (excludes halogenated alkanes) is 18. The van der Waals surface area contributed by atoms with Gasteiger partial charge in [0, 0.05) is 6.42 Å². The van der Waals surface area contributed by atoms with Gasteiger partial charge in [-0.05, 0) is 6.42 Å². The zero-order chi connectivity index (χ0) is 17.7. The molecule has 0 rings (SSSR count). The fourth-order valence-electron chi connectivity index (χ4n) is 3.35. The SMILES string of the molecule is CCCCCCCCCCCCCCCCCCCCCC(=O)O.[NaH].[NaH]. The molecule has 0 radical (unpaired) electrons. The molecule has 0 spiro atoms. The Morgan fingerprint density at radius 1 is 0.500 bits per heavy atom. The second-order valence-electron chi connectivity index (χ2n) is 7.51. The molecule has 0 saturated carbocycles. The van der Waals surface area contributed by atoms with Gasteiger partial charge in [0.1, 0.15) is 0 Å². The number of carboxylic acids is 1. The summed E-state index contributed by atoms with van der Waals surface area (Å²) < 4.78 is 0. The van der Waals surface area contributed by atoms with Crippen LogP contribution < -0.4 is 0 Å². The van der Waals surface area contributed by atoms with E-state index in [1.54, 1.807) is 0 Å². The van der Waals surface area contributed by atoms with E-state index in [0.717, 1.165) is 12.8 Å². The predicted octanol–water partition coefficient (Wildman–Crippen LogP) is 6.60. The fraction of sp³-hybridized carbons (Fsp3) is 0.955. The number of carbonyl (C=O) groups is 1. The molecule has 148 valence electrons. The summed E-state index contributed by atoms with van der Waals surface area (Å²) in [6.07, 6.45) is 26.1. The Kier molecular flexibility index (Phi) is 35.5. The molecule has 0 aliphatic heterocycles. The van der Waals surface area contributed by atoms with Crippen LogP contribution in [0.4, 0.5) is 0 Å². The first-order valence-electron chi connectivity index (χ1n) is 11.0. The van der Waals surface area contributed by atoms with Gasteiger partial charge in [0.2, 0.25) is 0 Å². The third kappa shape index (κ3) is 30.2. The van der Waals surface area contributed by atoms with E-state index in [9.17, 15) is 4.79 Å². The molecule has 0 bridgehead atoms. The van der Waals surface area contributed by atoms with Crippen molar-refractivity contribution in [3.63, 3.8) is 0 Å². The van der Waals surface area contributed by atoms with Gasteiger partial charge in [0.05, 0.1) is 0 Å². The van der Waals surface area contributed by atoms with Crippen LogP contribution in [0.1, 0.15) is 135 Å². The molecule has 0 aliphatic rings. The monoisotopic (exact) mass is 388 g/mol. The van der Waals surface area contributed by atoms with Crippen LogP contribution in [-0.2, 0) is 4.79 Å². The van der Waals surface area contributed by atoms with Gasteiger partial charge in [-0.25, -0.2) is 0 Å². The van der Waals surface area contributed by atoms with Crippen molar-refractivity contribution in [2.24, 2.45) is 0 Å². The van der Waals surface area contributed by atoms with Gasteiger partial charge in [-0.1, -0.05) is 122 Å². The Balaban J connectivity index is -0.00000264. The summed E-state index contributed by atoms with van der Waals surface area (Å²) in [5.74, 6) is -0.651. The fourth-order valence-corrected chi connectivity index (χ4v) is 3.35. The zero-order valence-electron chi connectivity index (χ0n) is 16.5. The van der Waals surface area contributed by atoms with E-state index in [4.69, 9.17) is 5.11 Å². The molecule has 0 aromatic heterocycles. The molecule has 1 N–H and O–H groups in total. The Morgan fingerprint density at radius 3 is 0.962 bits per heavy atom. The maximum absolute atomic E-state index is 10.4. The van der Waals surface area contributed by atoms with Crippen LogP contribution in [0.2, 0.25) is 0 Å². The first-order valence-corrected chi connectivity index (χ1v) is 11.0. The van der Waals surface area contributed by atoms with Gasteiger partial charge < -0.3 is 5.11 Å². The molecule has 0 heterocycles. The Hall–Kier alpha value is 1.47. The van der Waals surface area contributed by atoms with Crippen LogP contribution in [0.15, 0.2) is 0 Å². The normalized spacial score (nSPS) is 10.2. The van der Waals surface area contributed by atoms with E-state index in [1.165, 1.54) is 109 Å². The average molecular weight is 389 g/mol. The van der Waals surface area contributed by atoms with Crippen molar-refractivity contribution in [2.45, 2.75) is 135 Å². The Bertz CT molecular complexity index is 261. The molecule has 0 fully saturated rings. The number of rotatable bonds is 20. The van der Waals surface area contributed by atoms with E-state index >= 15 is 0 Å². The quantitative estimate of drug-likeness (QED) is 0.188. The first-order chi connectivity index (χ1) is 11.8. The number of hydrogen-bond acceptors (Lipinski definition) is 1. The van der Waals surface area contributed by atoms with Gasteiger partial charge in [-0.15, -0.1) is 0 Å². The maximum atomic E-state index is 10.4. The number of aliphatic carboxylic acids is 1. The zero-order valence-corrected chi connectivity index (χ0v) is 16.5. The van der Waals surface area contributed by atoms with E-state index in [-0.39, 0.29) is 59.1 Å². The van der Waals surface area contributed by atoms with E-state index in [0.29, 0.717) is 6.42 Å². The summed E-state index contributed by atoms with van der Waals surface area (Å²) in [6, 6.07) is 0.